The number of nitrogens with zero attached hydrogens (tertiary/aromatic N) is 2. The number of amides is 1. The Labute approximate surface area is 126 Å². The summed E-state index contributed by atoms with van der Waals surface area (Å²) in [4.78, 5) is 38.3. The van der Waals surface area contributed by atoms with Crippen LogP contribution in [0.5, 0.6) is 5.75 Å². The predicted molar refractivity (Wildman–Crippen MR) is 74.3 cm³/mol. The molecule has 3 rings (SSSR count). The molecule has 0 radical (unpaired) electrons. The average molecular weight is 308 g/mol. The fraction of sp³-hybridized carbons (Fsp3) is 0.500. The van der Waals surface area contributed by atoms with Crippen LogP contribution >= 0.6 is 0 Å². The fourth-order valence-corrected chi connectivity index (χ4v) is 3.01. The van der Waals surface area contributed by atoms with E-state index in [1.165, 1.54) is 20.4 Å². The number of fused-ring (bicyclic) bond motifs is 3. The Hall–Kier alpha value is -2.35. The van der Waals surface area contributed by atoms with Gasteiger partial charge in [-0.2, -0.15) is 0 Å². The van der Waals surface area contributed by atoms with Gasteiger partial charge in [0.1, 0.15) is 5.56 Å². The Morgan fingerprint density at radius 2 is 1.95 bits per heavy atom. The first-order valence-corrected chi connectivity index (χ1v) is 6.77. The van der Waals surface area contributed by atoms with Crippen LogP contribution in [0.4, 0.5) is 0 Å². The second-order valence-corrected chi connectivity index (χ2v) is 5.24. The highest BCUT2D eigenvalue weighted by atomic mass is 16.5. The van der Waals surface area contributed by atoms with Gasteiger partial charge in [-0.15, -0.1) is 0 Å². The van der Waals surface area contributed by atoms with Gasteiger partial charge in [-0.05, 0) is 0 Å². The largest absolute Gasteiger partial charge is 0.491 e. The standard InChI is InChI=1S/C14H16N2O6/c1-15-8-5-22-6-9(8)16-4-7(14(19)21-3)11(17)12(20-2)10(16)13(15)18/h4,8-9H,5-6H2,1-3H3/t8-,9+/m1/s1. The first-order valence-electron chi connectivity index (χ1n) is 6.77. The lowest BCUT2D eigenvalue weighted by Crippen LogP contribution is -2.49. The third-order valence-corrected chi connectivity index (χ3v) is 4.20. The molecule has 22 heavy (non-hydrogen) atoms. The van der Waals surface area contributed by atoms with E-state index < -0.39 is 11.4 Å². The molecular weight excluding hydrogens is 292 g/mol. The van der Waals surface area contributed by atoms with Crippen molar-refractivity contribution in [3.05, 3.63) is 27.7 Å². The molecule has 1 aromatic rings. The van der Waals surface area contributed by atoms with Crippen molar-refractivity contribution < 1.29 is 23.8 Å². The maximum atomic E-state index is 12.6. The van der Waals surface area contributed by atoms with E-state index in [0.717, 1.165) is 0 Å². The third-order valence-electron chi connectivity index (χ3n) is 4.20. The molecule has 1 saturated heterocycles. The zero-order valence-electron chi connectivity index (χ0n) is 12.5. The number of pyridine rings is 1. The number of rotatable bonds is 2. The van der Waals surface area contributed by atoms with Crippen LogP contribution in [0.3, 0.4) is 0 Å². The highest BCUT2D eigenvalue weighted by Gasteiger charge is 2.43. The Balaban J connectivity index is 2.30. The Bertz CT molecular complexity index is 710. The molecule has 0 saturated carbocycles. The molecule has 118 valence electrons. The second-order valence-electron chi connectivity index (χ2n) is 5.24. The maximum absolute atomic E-state index is 12.6. The lowest BCUT2D eigenvalue weighted by atomic mass is 10.0. The summed E-state index contributed by atoms with van der Waals surface area (Å²) in [5.74, 6) is -1.25. The van der Waals surface area contributed by atoms with Crippen molar-refractivity contribution in [1.29, 1.82) is 0 Å². The molecule has 0 aliphatic carbocycles. The highest BCUT2D eigenvalue weighted by Crippen LogP contribution is 2.33. The molecule has 0 aromatic carbocycles. The molecule has 1 aromatic heterocycles. The molecule has 8 nitrogen and oxygen atoms in total. The third kappa shape index (κ3) is 1.83. The molecule has 0 spiro atoms. The lowest BCUT2D eigenvalue weighted by molar-refractivity contribution is 0.0581. The van der Waals surface area contributed by atoms with Crippen LogP contribution in [0, 0.1) is 0 Å². The molecule has 0 N–H and O–H groups in total. The first kappa shape index (κ1) is 14.6. The SMILES string of the molecule is COC(=O)c1cn2c(c(OC)c1=O)C(=O)N(C)[C@@H]1COC[C@@H]12. The summed E-state index contributed by atoms with van der Waals surface area (Å²) in [5.41, 5.74) is -0.680. The summed E-state index contributed by atoms with van der Waals surface area (Å²) in [6, 6.07) is -0.312. The van der Waals surface area contributed by atoms with Gasteiger partial charge in [0.25, 0.3) is 5.91 Å². The topological polar surface area (TPSA) is 87.1 Å². The molecule has 2 atom stereocenters. The zero-order chi connectivity index (χ0) is 16.0. The Morgan fingerprint density at radius 1 is 1.27 bits per heavy atom. The van der Waals surface area contributed by atoms with Gasteiger partial charge in [0.05, 0.1) is 39.5 Å². The highest BCUT2D eigenvalue weighted by molar-refractivity contribution is 5.98. The van der Waals surface area contributed by atoms with E-state index in [9.17, 15) is 14.4 Å². The molecule has 2 aliphatic heterocycles. The zero-order valence-corrected chi connectivity index (χ0v) is 12.5. The number of carbonyl (C=O) groups is 2. The van der Waals surface area contributed by atoms with Gasteiger partial charge >= 0.3 is 5.97 Å². The molecule has 1 amide bonds. The lowest BCUT2D eigenvalue weighted by Gasteiger charge is -2.37. The minimum absolute atomic E-state index is 0.134. The van der Waals surface area contributed by atoms with Crippen LogP contribution in [0.25, 0.3) is 0 Å². The van der Waals surface area contributed by atoms with Crippen molar-refractivity contribution in [1.82, 2.24) is 9.47 Å². The number of ether oxygens (including phenoxy) is 3. The van der Waals surface area contributed by atoms with Crippen LogP contribution in [0.15, 0.2) is 11.0 Å². The normalized spacial score (nSPS) is 23.0. The summed E-state index contributed by atoms with van der Waals surface area (Å²) in [7, 11) is 4.15. The van der Waals surface area contributed by atoms with E-state index in [2.05, 4.69) is 4.74 Å². The van der Waals surface area contributed by atoms with Crippen molar-refractivity contribution in [2.75, 3.05) is 34.5 Å². The number of aromatic nitrogens is 1. The quantitative estimate of drug-likeness (QED) is 0.695. The van der Waals surface area contributed by atoms with Crippen LogP contribution in [0.1, 0.15) is 26.9 Å². The van der Waals surface area contributed by atoms with E-state index in [0.29, 0.717) is 13.2 Å². The molecule has 1 fully saturated rings. The number of hydrogen-bond acceptors (Lipinski definition) is 6. The van der Waals surface area contributed by atoms with Gasteiger partial charge in [-0.1, -0.05) is 0 Å². The van der Waals surface area contributed by atoms with Gasteiger partial charge < -0.3 is 23.7 Å². The molecule has 0 bridgehead atoms. The van der Waals surface area contributed by atoms with Crippen LogP contribution in [0.2, 0.25) is 0 Å². The summed E-state index contributed by atoms with van der Waals surface area (Å²) < 4.78 is 16.8. The van der Waals surface area contributed by atoms with Crippen LogP contribution in [-0.4, -0.2) is 61.9 Å². The minimum Gasteiger partial charge on any atom is -0.491 e. The Kier molecular flexibility index (Phi) is 3.40. The van der Waals surface area contributed by atoms with E-state index >= 15 is 0 Å². The number of methoxy groups -OCH3 is 2. The first-order chi connectivity index (χ1) is 10.5. The molecule has 0 unspecified atom stereocenters. The van der Waals surface area contributed by atoms with Crippen molar-refractivity contribution in [2.45, 2.75) is 12.1 Å². The van der Waals surface area contributed by atoms with Gasteiger partial charge in [-0.25, -0.2) is 4.79 Å². The van der Waals surface area contributed by atoms with Crippen molar-refractivity contribution >= 4 is 11.9 Å². The monoisotopic (exact) mass is 308 g/mol. The smallest absolute Gasteiger partial charge is 0.343 e. The summed E-state index contributed by atoms with van der Waals surface area (Å²) in [5, 5.41) is 0. The predicted octanol–water partition coefficient (Wildman–Crippen LogP) is -0.331. The van der Waals surface area contributed by atoms with E-state index in [-0.39, 0.29) is 35.0 Å². The number of likely N-dealkylation sites (N-methyl/N-ethyl adjacent to an activating group) is 1. The van der Waals surface area contributed by atoms with E-state index in [4.69, 9.17) is 9.47 Å². The summed E-state index contributed by atoms with van der Waals surface area (Å²) in [6.45, 7) is 0.802. The summed E-state index contributed by atoms with van der Waals surface area (Å²) in [6.07, 6.45) is 1.36. The number of carbonyl (C=O) groups excluding carboxylic acids is 2. The van der Waals surface area contributed by atoms with Crippen LogP contribution < -0.4 is 10.2 Å². The van der Waals surface area contributed by atoms with Gasteiger partial charge in [0, 0.05) is 13.2 Å². The molecule has 2 aliphatic rings. The fourth-order valence-electron chi connectivity index (χ4n) is 3.01. The average Bonchev–Trinajstić information content (AvgIpc) is 3.01. The second kappa shape index (κ2) is 5.13. The van der Waals surface area contributed by atoms with Gasteiger partial charge in [0.15, 0.2) is 11.4 Å². The summed E-state index contributed by atoms with van der Waals surface area (Å²) >= 11 is 0. The van der Waals surface area contributed by atoms with Crippen molar-refractivity contribution in [2.24, 2.45) is 0 Å². The van der Waals surface area contributed by atoms with E-state index in [1.807, 2.05) is 0 Å². The molecule has 3 heterocycles. The van der Waals surface area contributed by atoms with Gasteiger partial charge in [0.2, 0.25) is 5.43 Å². The van der Waals surface area contributed by atoms with Gasteiger partial charge in [-0.3, -0.25) is 9.59 Å². The number of esters is 1. The Morgan fingerprint density at radius 3 is 2.59 bits per heavy atom. The minimum atomic E-state index is -0.763. The molecular formula is C14H16N2O6. The number of hydrogen-bond donors (Lipinski definition) is 0. The van der Waals surface area contributed by atoms with Crippen LogP contribution in [-0.2, 0) is 9.47 Å². The van der Waals surface area contributed by atoms with Crippen molar-refractivity contribution in [3.8, 4) is 5.75 Å². The maximum Gasteiger partial charge on any atom is 0.343 e. The van der Waals surface area contributed by atoms with E-state index in [1.54, 1.807) is 16.5 Å². The van der Waals surface area contributed by atoms with Crippen molar-refractivity contribution in [3.63, 3.8) is 0 Å². The molecule has 8 heteroatoms.